The Labute approximate surface area is 119 Å². The summed E-state index contributed by atoms with van der Waals surface area (Å²) in [6.07, 6.45) is 13.1. The van der Waals surface area contributed by atoms with Crippen LogP contribution in [0.15, 0.2) is 12.7 Å². The molecule has 112 valence electrons. The highest BCUT2D eigenvalue weighted by Crippen LogP contribution is 2.28. The van der Waals surface area contributed by atoms with Crippen LogP contribution in [0.3, 0.4) is 0 Å². The van der Waals surface area contributed by atoms with Crippen molar-refractivity contribution in [2.75, 3.05) is 0 Å². The Kier molecular flexibility index (Phi) is 10.6. The van der Waals surface area contributed by atoms with Crippen LogP contribution in [0, 0.1) is 0 Å². The maximum atomic E-state index is 11.4. The molecule has 0 aromatic rings. The van der Waals surface area contributed by atoms with Crippen molar-refractivity contribution in [2.45, 2.75) is 90.6 Å². The molecule has 0 radical (unpaired) electrons. The molecule has 0 aliphatic carbocycles. The van der Waals surface area contributed by atoms with Crippen LogP contribution in [0.2, 0.25) is 0 Å². The maximum absolute atomic E-state index is 11.4. The van der Waals surface area contributed by atoms with Crippen LogP contribution in [0.1, 0.15) is 85.0 Å². The lowest BCUT2D eigenvalue weighted by atomic mass is 9.90. The summed E-state index contributed by atoms with van der Waals surface area (Å²) in [6.45, 7) is 9.91. The predicted octanol–water partition coefficient (Wildman–Crippen LogP) is 5.42. The first kappa shape index (κ1) is 18.2. The van der Waals surface area contributed by atoms with Gasteiger partial charge in [0.1, 0.15) is 5.60 Å². The molecular formula is C17H32O2. The van der Waals surface area contributed by atoms with Gasteiger partial charge in [-0.1, -0.05) is 65.9 Å². The highest BCUT2D eigenvalue weighted by atomic mass is 16.6. The Morgan fingerprint density at radius 2 is 1.53 bits per heavy atom. The minimum atomic E-state index is -0.286. The summed E-state index contributed by atoms with van der Waals surface area (Å²) in [4.78, 5) is 11.4. The minimum absolute atomic E-state index is 0.269. The van der Waals surface area contributed by atoms with Crippen LogP contribution >= 0.6 is 0 Å². The van der Waals surface area contributed by atoms with Gasteiger partial charge in [-0.05, 0) is 25.7 Å². The van der Waals surface area contributed by atoms with Crippen LogP contribution in [0.25, 0.3) is 0 Å². The summed E-state index contributed by atoms with van der Waals surface area (Å²) in [5, 5.41) is 0. The smallest absolute Gasteiger partial charge is 0.330 e. The van der Waals surface area contributed by atoms with Crippen molar-refractivity contribution >= 4 is 5.97 Å². The summed E-state index contributed by atoms with van der Waals surface area (Å²) >= 11 is 0. The molecule has 0 aliphatic rings. The van der Waals surface area contributed by atoms with Crippen molar-refractivity contribution in [1.29, 1.82) is 0 Å². The van der Waals surface area contributed by atoms with Crippen molar-refractivity contribution in [2.24, 2.45) is 0 Å². The van der Waals surface area contributed by atoms with Crippen LogP contribution in [0.5, 0.6) is 0 Å². The lowest BCUT2D eigenvalue weighted by Crippen LogP contribution is -2.33. The quantitative estimate of drug-likeness (QED) is 0.268. The van der Waals surface area contributed by atoms with Gasteiger partial charge in [-0.3, -0.25) is 0 Å². The number of carbonyl (C=O) groups is 1. The summed E-state index contributed by atoms with van der Waals surface area (Å²) in [6, 6.07) is 0. The van der Waals surface area contributed by atoms with Crippen molar-refractivity contribution in [3.05, 3.63) is 12.7 Å². The van der Waals surface area contributed by atoms with E-state index in [2.05, 4.69) is 27.4 Å². The first-order chi connectivity index (χ1) is 9.14. The van der Waals surface area contributed by atoms with Gasteiger partial charge in [-0.25, -0.2) is 4.79 Å². The number of unbranched alkanes of at least 4 members (excludes halogenated alkanes) is 6. The Balaban J connectivity index is 3.93. The molecular weight excluding hydrogens is 236 g/mol. The van der Waals surface area contributed by atoms with Crippen LogP contribution in [-0.2, 0) is 9.53 Å². The topological polar surface area (TPSA) is 26.3 Å². The van der Waals surface area contributed by atoms with E-state index in [4.69, 9.17) is 4.74 Å². The molecule has 0 aromatic heterocycles. The van der Waals surface area contributed by atoms with Crippen LogP contribution < -0.4 is 0 Å². The molecule has 0 fully saturated rings. The third-order valence-electron chi connectivity index (χ3n) is 4.01. The van der Waals surface area contributed by atoms with E-state index in [1.54, 1.807) is 0 Å². The number of carbonyl (C=O) groups excluding carboxylic acids is 1. The van der Waals surface area contributed by atoms with Crippen LogP contribution in [0.4, 0.5) is 0 Å². The zero-order chi connectivity index (χ0) is 14.6. The first-order valence-corrected chi connectivity index (χ1v) is 7.99. The van der Waals surface area contributed by atoms with Crippen molar-refractivity contribution < 1.29 is 9.53 Å². The van der Waals surface area contributed by atoms with Gasteiger partial charge < -0.3 is 4.74 Å². The van der Waals surface area contributed by atoms with E-state index in [0.717, 1.165) is 25.7 Å². The molecule has 0 unspecified atom stereocenters. The highest BCUT2D eigenvalue weighted by Gasteiger charge is 2.29. The Morgan fingerprint density at radius 1 is 1.00 bits per heavy atom. The number of hydrogen-bond acceptors (Lipinski definition) is 2. The van der Waals surface area contributed by atoms with E-state index in [1.165, 1.54) is 44.6 Å². The largest absolute Gasteiger partial charge is 0.456 e. The SMILES string of the molecule is C=CC(=O)OC(CC)(CC)CCCCCCCCC. The van der Waals surface area contributed by atoms with E-state index in [9.17, 15) is 4.79 Å². The number of ether oxygens (including phenoxy) is 1. The van der Waals surface area contributed by atoms with E-state index in [-0.39, 0.29) is 11.6 Å². The Morgan fingerprint density at radius 3 is 2.00 bits per heavy atom. The van der Waals surface area contributed by atoms with Gasteiger partial charge in [0.15, 0.2) is 0 Å². The molecule has 2 nitrogen and oxygen atoms in total. The summed E-state index contributed by atoms with van der Waals surface area (Å²) < 4.78 is 5.57. The number of hydrogen-bond donors (Lipinski definition) is 0. The normalized spacial score (nSPS) is 11.3. The van der Waals surface area contributed by atoms with Gasteiger partial charge >= 0.3 is 5.97 Å². The van der Waals surface area contributed by atoms with Gasteiger partial charge in [0.2, 0.25) is 0 Å². The molecule has 2 heteroatoms. The molecule has 0 atom stereocenters. The van der Waals surface area contributed by atoms with Gasteiger partial charge in [0.05, 0.1) is 0 Å². The molecule has 0 amide bonds. The molecule has 0 N–H and O–H groups in total. The summed E-state index contributed by atoms with van der Waals surface area (Å²) in [5.41, 5.74) is -0.269. The molecule has 0 spiro atoms. The first-order valence-electron chi connectivity index (χ1n) is 7.99. The summed E-state index contributed by atoms with van der Waals surface area (Å²) in [5.74, 6) is -0.286. The standard InChI is InChI=1S/C17H32O2/c1-5-9-10-11-12-13-14-15-17(7-3,8-4)19-16(18)6-2/h6H,2,5,7-15H2,1,3-4H3. The Hall–Kier alpha value is -0.790. The monoisotopic (exact) mass is 268 g/mol. The highest BCUT2D eigenvalue weighted by molar-refractivity contribution is 5.81. The van der Waals surface area contributed by atoms with Crippen molar-refractivity contribution in [1.82, 2.24) is 0 Å². The molecule has 0 rings (SSSR count). The average molecular weight is 268 g/mol. The minimum Gasteiger partial charge on any atom is -0.456 e. The molecule has 19 heavy (non-hydrogen) atoms. The fourth-order valence-corrected chi connectivity index (χ4v) is 2.46. The van der Waals surface area contributed by atoms with Crippen molar-refractivity contribution in [3.8, 4) is 0 Å². The van der Waals surface area contributed by atoms with Gasteiger partial charge in [0, 0.05) is 6.08 Å². The van der Waals surface area contributed by atoms with Gasteiger partial charge in [0.25, 0.3) is 0 Å². The zero-order valence-electron chi connectivity index (χ0n) is 13.2. The van der Waals surface area contributed by atoms with E-state index >= 15 is 0 Å². The molecule has 0 saturated heterocycles. The lowest BCUT2D eigenvalue weighted by Gasteiger charge is -2.31. The second-order valence-electron chi connectivity index (χ2n) is 5.39. The third kappa shape index (κ3) is 8.07. The Bertz CT molecular complexity index is 242. The lowest BCUT2D eigenvalue weighted by molar-refractivity contribution is -0.155. The molecule has 0 aromatic carbocycles. The molecule has 0 saturated carbocycles. The third-order valence-corrected chi connectivity index (χ3v) is 4.01. The van der Waals surface area contributed by atoms with E-state index < -0.39 is 0 Å². The molecule has 0 aliphatic heterocycles. The predicted molar refractivity (Wildman–Crippen MR) is 82.2 cm³/mol. The number of esters is 1. The fourth-order valence-electron chi connectivity index (χ4n) is 2.46. The maximum Gasteiger partial charge on any atom is 0.330 e. The molecule has 0 bridgehead atoms. The fraction of sp³-hybridized carbons (Fsp3) is 0.824. The van der Waals surface area contributed by atoms with Crippen LogP contribution in [-0.4, -0.2) is 11.6 Å². The summed E-state index contributed by atoms with van der Waals surface area (Å²) in [7, 11) is 0. The second kappa shape index (κ2) is 11.1. The van der Waals surface area contributed by atoms with E-state index in [0.29, 0.717) is 0 Å². The average Bonchev–Trinajstić information content (AvgIpc) is 2.44. The molecule has 0 heterocycles. The number of rotatable bonds is 12. The van der Waals surface area contributed by atoms with Crippen molar-refractivity contribution in [3.63, 3.8) is 0 Å². The van der Waals surface area contributed by atoms with Gasteiger partial charge in [-0.2, -0.15) is 0 Å². The zero-order valence-corrected chi connectivity index (χ0v) is 13.2. The second-order valence-corrected chi connectivity index (χ2v) is 5.39. The van der Waals surface area contributed by atoms with Gasteiger partial charge in [-0.15, -0.1) is 0 Å². The van der Waals surface area contributed by atoms with E-state index in [1.807, 2.05) is 0 Å².